The number of benzene rings is 1. The van der Waals surface area contributed by atoms with Gasteiger partial charge >= 0.3 is 6.03 Å². The van der Waals surface area contributed by atoms with Gasteiger partial charge in [0.25, 0.3) is 0 Å². The third kappa shape index (κ3) is 5.33. The highest BCUT2D eigenvalue weighted by Gasteiger charge is 2.17. The van der Waals surface area contributed by atoms with Crippen molar-refractivity contribution in [3.05, 3.63) is 52.0 Å². The molecule has 1 heterocycles. The number of aryl methyl sites for hydroxylation is 1. The normalized spacial score (nSPS) is 12.0. The van der Waals surface area contributed by atoms with Crippen LogP contribution in [0.3, 0.4) is 0 Å². The first-order valence-corrected chi connectivity index (χ1v) is 8.69. The maximum Gasteiger partial charge on any atom is 0.317 e. The number of hydrogen-bond acceptors (Lipinski definition) is 4. The van der Waals surface area contributed by atoms with Crippen LogP contribution in [0.5, 0.6) is 0 Å². The number of carbonyl (C=O) groups is 1. The number of thiazole rings is 1. The molecule has 0 aliphatic carbocycles. The van der Waals surface area contributed by atoms with Gasteiger partial charge in [-0.05, 0) is 19.4 Å². The van der Waals surface area contributed by atoms with E-state index in [-0.39, 0.29) is 12.6 Å². The highest BCUT2D eigenvalue weighted by molar-refractivity contribution is 7.07. The van der Waals surface area contributed by atoms with Crippen molar-refractivity contribution in [1.29, 1.82) is 0 Å². The van der Waals surface area contributed by atoms with Crippen LogP contribution < -0.4 is 5.32 Å². The number of hydrogen-bond donors (Lipinski definition) is 2. The van der Waals surface area contributed by atoms with Gasteiger partial charge in [-0.15, -0.1) is 11.3 Å². The van der Waals surface area contributed by atoms with Gasteiger partial charge in [0.05, 0.1) is 23.9 Å². The molecule has 2 N–H and O–H groups in total. The van der Waals surface area contributed by atoms with Crippen LogP contribution in [0, 0.1) is 6.92 Å². The van der Waals surface area contributed by atoms with E-state index in [1.54, 1.807) is 21.7 Å². The van der Waals surface area contributed by atoms with E-state index in [9.17, 15) is 9.90 Å². The van der Waals surface area contributed by atoms with E-state index < -0.39 is 6.10 Å². The Morgan fingerprint density at radius 1 is 1.39 bits per heavy atom. The second-order valence-corrected chi connectivity index (χ2v) is 6.15. The fourth-order valence-electron chi connectivity index (χ4n) is 2.23. The van der Waals surface area contributed by atoms with Gasteiger partial charge < -0.3 is 15.3 Å². The Morgan fingerprint density at radius 2 is 2.13 bits per heavy atom. The Balaban J connectivity index is 1.83. The van der Waals surface area contributed by atoms with Gasteiger partial charge in [-0.25, -0.2) is 9.78 Å². The summed E-state index contributed by atoms with van der Waals surface area (Å²) in [5.74, 6) is 0. The molecule has 2 rings (SSSR count). The number of aliphatic hydroxyl groups is 1. The third-order valence-electron chi connectivity index (χ3n) is 3.67. The second-order valence-electron chi connectivity index (χ2n) is 5.43. The SMILES string of the molecule is CCN(CC(O)c1ccc(C)cc1)C(=O)NCCc1cscn1. The van der Waals surface area contributed by atoms with Crippen LogP contribution in [0.1, 0.15) is 29.8 Å². The molecule has 1 unspecified atom stereocenters. The fraction of sp³-hybridized carbons (Fsp3) is 0.412. The van der Waals surface area contributed by atoms with Crippen LogP contribution >= 0.6 is 11.3 Å². The average Bonchev–Trinajstić information content (AvgIpc) is 3.06. The van der Waals surface area contributed by atoms with E-state index >= 15 is 0 Å². The molecular formula is C17H23N3O2S. The smallest absolute Gasteiger partial charge is 0.317 e. The van der Waals surface area contributed by atoms with Gasteiger partial charge in [0.1, 0.15) is 0 Å². The fourth-order valence-corrected chi connectivity index (χ4v) is 2.82. The van der Waals surface area contributed by atoms with E-state index in [0.29, 0.717) is 19.5 Å². The topological polar surface area (TPSA) is 65.5 Å². The number of carbonyl (C=O) groups excluding carboxylic acids is 1. The molecule has 6 heteroatoms. The molecule has 0 aliphatic heterocycles. The zero-order valence-corrected chi connectivity index (χ0v) is 14.3. The molecule has 1 atom stereocenters. The quantitative estimate of drug-likeness (QED) is 0.819. The summed E-state index contributed by atoms with van der Waals surface area (Å²) < 4.78 is 0. The minimum atomic E-state index is -0.681. The van der Waals surface area contributed by atoms with E-state index in [1.165, 1.54) is 0 Å². The lowest BCUT2D eigenvalue weighted by Crippen LogP contribution is -2.42. The van der Waals surface area contributed by atoms with Crippen molar-refractivity contribution in [3.8, 4) is 0 Å². The minimum absolute atomic E-state index is 0.158. The zero-order chi connectivity index (χ0) is 16.7. The van der Waals surface area contributed by atoms with Crippen molar-refractivity contribution in [2.24, 2.45) is 0 Å². The van der Waals surface area contributed by atoms with Gasteiger partial charge in [-0.3, -0.25) is 0 Å². The van der Waals surface area contributed by atoms with Crippen molar-refractivity contribution in [3.63, 3.8) is 0 Å². The largest absolute Gasteiger partial charge is 0.387 e. The summed E-state index contributed by atoms with van der Waals surface area (Å²) in [6, 6.07) is 7.56. The number of likely N-dealkylation sites (N-methyl/N-ethyl adjacent to an activating group) is 1. The van der Waals surface area contributed by atoms with Gasteiger partial charge in [0.2, 0.25) is 0 Å². The van der Waals surface area contributed by atoms with Crippen LogP contribution in [-0.2, 0) is 6.42 Å². The molecule has 0 aliphatic rings. The van der Waals surface area contributed by atoms with Gasteiger partial charge in [0, 0.05) is 24.9 Å². The lowest BCUT2D eigenvalue weighted by molar-refractivity contribution is 0.123. The highest BCUT2D eigenvalue weighted by atomic mass is 32.1. The molecule has 0 radical (unpaired) electrons. The van der Waals surface area contributed by atoms with Gasteiger partial charge in [-0.2, -0.15) is 0 Å². The van der Waals surface area contributed by atoms with Crippen LogP contribution in [0.25, 0.3) is 0 Å². The summed E-state index contributed by atoms with van der Waals surface area (Å²) in [6.45, 7) is 5.28. The average molecular weight is 333 g/mol. The summed E-state index contributed by atoms with van der Waals surface area (Å²) in [5, 5.41) is 15.2. The maximum atomic E-state index is 12.2. The molecule has 0 saturated carbocycles. The number of urea groups is 1. The molecule has 1 aromatic carbocycles. The molecule has 0 spiro atoms. The van der Waals surface area contributed by atoms with Gasteiger partial charge in [-0.1, -0.05) is 29.8 Å². The maximum absolute atomic E-state index is 12.2. The lowest BCUT2D eigenvalue weighted by Gasteiger charge is -2.24. The molecule has 2 amide bonds. The number of aliphatic hydroxyl groups excluding tert-OH is 1. The van der Waals surface area contributed by atoms with E-state index in [4.69, 9.17) is 0 Å². The number of amides is 2. The first kappa shape index (κ1) is 17.4. The molecule has 0 saturated heterocycles. The predicted octanol–water partition coefficient (Wildman–Crippen LogP) is 2.76. The predicted molar refractivity (Wildman–Crippen MR) is 92.6 cm³/mol. The second kappa shape index (κ2) is 8.64. The summed E-state index contributed by atoms with van der Waals surface area (Å²) in [7, 11) is 0. The number of nitrogens with one attached hydrogen (secondary N) is 1. The number of rotatable bonds is 7. The third-order valence-corrected chi connectivity index (χ3v) is 4.30. The molecule has 1 aromatic heterocycles. The summed E-state index contributed by atoms with van der Waals surface area (Å²) in [6.07, 6.45) is 0.0349. The van der Waals surface area contributed by atoms with Crippen LogP contribution in [0.15, 0.2) is 35.2 Å². The number of nitrogens with zero attached hydrogens (tertiary/aromatic N) is 2. The van der Waals surface area contributed by atoms with Crippen molar-refractivity contribution < 1.29 is 9.90 Å². The van der Waals surface area contributed by atoms with Crippen molar-refractivity contribution in [2.45, 2.75) is 26.4 Å². The first-order valence-electron chi connectivity index (χ1n) is 7.74. The molecule has 0 fully saturated rings. The molecular weight excluding hydrogens is 310 g/mol. The van der Waals surface area contributed by atoms with Gasteiger partial charge in [0.15, 0.2) is 0 Å². The van der Waals surface area contributed by atoms with Crippen molar-refractivity contribution in [1.82, 2.24) is 15.2 Å². The van der Waals surface area contributed by atoms with Crippen LogP contribution in [-0.4, -0.2) is 40.7 Å². The zero-order valence-electron chi connectivity index (χ0n) is 13.5. The molecule has 5 nitrogen and oxygen atoms in total. The summed E-state index contributed by atoms with van der Waals surface area (Å²) >= 11 is 1.55. The Morgan fingerprint density at radius 3 is 2.74 bits per heavy atom. The Labute approximate surface area is 141 Å². The standard InChI is InChI=1S/C17H23N3O2S/c1-3-20(10-16(21)14-6-4-13(2)5-7-14)17(22)18-9-8-15-11-23-12-19-15/h4-7,11-12,16,21H,3,8-10H2,1-2H3,(H,18,22). The van der Waals surface area contributed by atoms with Crippen LogP contribution in [0.2, 0.25) is 0 Å². The lowest BCUT2D eigenvalue weighted by atomic mass is 10.1. The first-order chi connectivity index (χ1) is 11.1. The van der Waals surface area contributed by atoms with Crippen LogP contribution in [0.4, 0.5) is 4.79 Å². The Bertz CT molecular complexity index is 599. The summed E-state index contributed by atoms with van der Waals surface area (Å²) in [5.41, 5.74) is 4.74. The van der Waals surface area contributed by atoms with E-state index in [2.05, 4.69) is 10.3 Å². The van der Waals surface area contributed by atoms with E-state index in [1.807, 2.05) is 43.5 Å². The highest BCUT2D eigenvalue weighted by Crippen LogP contribution is 2.15. The Hall–Kier alpha value is -1.92. The van der Waals surface area contributed by atoms with Crippen molar-refractivity contribution in [2.75, 3.05) is 19.6 Å². The number of aromatic nitrogens is 1. The molecule has 2 aromatic rings. The molecule has 124 valence electrons. The minimum Gasteiger partial charge on any atom is -0.387 e. The van der Waals surface area contributed by atoms with Crippen molar-refractivity contribution >= 4 is 17.4 Å². The molecule has 0 bridgehead atoms. The Kier molecular flexibility index (Phi) is 6.55. The monoisotopic (exact) mass is 333 g/mol. The van der Waals surface area contributed by atoms with E-state index in [0.717, 1.165) is 16.8 Å². The summed E-state index contributed by atoms with van der Waals surface area (Å²) in [4.78, 5) is 18.0. The molecule has 23 heavy (non-hydrogen) atoms.